The highest BCUT2D eigenvalue weighted by atomic mass is 32.2. The van der Waals surface area contributed by atoms with Gasteiger partial charge < -0.3 is 10.2 Å². The number of hydrogen-bond acceptors (Lipinski definition) is 3. The maximum atomic E-state index is 3.52. The molecule has 1 saturated heterocycles. The lowest BCUT2D eigenvalue weighted by Crippen LogP contribution is -2.38. The molecule has 2 rings (SSSR count). The molecule has 0 aliphatic carbocycles. The van der Waals surface area contributed by atoms with Crippen LogP contribution in [0.2, 0.25) is 0 Å². The van der Waals surface area contributed by atoms with Gasteiger partial charge in [0, 0.05) is 36.3 Å². The first-order valence-corrected chi connectivity index (χ1v) is 8.55. The maximum Gasteiger partial charge on any atom is 0.0412 e. The molecule has 106 valence electrons. The van der Waals surface area contributed by atoms with Gasteiger partial charge in [-0.1, -0.05) is 32.0 Å². The molecule has 0 radical (unpaired) electrons. The molecular weight excluding hydrogens is 252 g/mol. The molecule has 0 saturated carbocycles. The normalized spacial score (nSPS) is 19.7. The Bertz CT molecular complexity index is 381. The number of rotatable bonds is 6. The summed E-state index contributed by atoms with van der Waals surface area (Å²) in [5, 5.41) is 4.32. The predicted octanol–water partition coefficient (Wildman–Crippen LogP) is 3.52. The Labute approximate surface area is 122 Å². The highest BCUT2D eigenvalue weighted by Gasteiger charge is 2.20. The quantitative estimate of drug-likeness (QED) is 0.802. The average molecular weight is 278 g/mol. The highest BCUT2D eigenvalue weighted by molar-refractivity contribution is 8.00. The van der Waals surface area contributed by atoms with Crippen molar-refractivity contribution in [3.63, 3.8) is 0 Å². The van der Waals surface area contributed by atoms with Crippen molar-refractivity contribution in [1.29, 1.82) is 0 Å². The molecule has 19 heavy (non-hydrogen) atoms. The second-order valence-corrected chi connectivity index (χ2v) is 6.56. The van der Waals surface area contributed by atoms with E-state index >= 15 is 0 Å². The van der Waals surface area contributed by atoms with Crippen LogP contribution in [-0.4, -0.2) is 30.6 Å². The van der Waals surface area contributed by atoms with E-state index in [4.69, 9.17) is 0 Å². The minimum absolute atomic E-state index is 0.797. The summed E-state index contributed by atoms with van der Waals surface area (Å²) in [5.41, 5.74) is 2.88. The summed E-state index contributed by atoms with van der Waals surface area (Å²) < 4.78 is 0. The van der Waals surface area contributed by atoms with Gasteiger partial charge in [0.15, 0.2) is 0 Å². The Morgan fingerprint density at radius 3 is 2.95 bits per heavy atom. The molecule has 1 aromatic carbocycles. The zero-order valence-corrected chi connectivity index (χ0v) is 13.0. The molecule has 1 aromatic rings. The van der Waals surface area contributed by atoms with Gasteiger partial charge in [-0.15, -0.1) is 0 Å². The van der Waals surface area contributed by atoms with Crippen LogP contribution < -0.4 is 10.2 Å². The fourth-order valence-corrected chi connectivity index (χ4v) is 3.73. The van der Waals surface area contributed by atoms with Gasteiger partial charge in [0.25, 0.3) is 0 Å². The number of thioether (sulfide) groups is 1. The predicted molar refractivity (Wildman–Crippen MR) is 87.2 cm³/mol. The molecule has 0 aromatic heterocycles. The van der Waals surface area contributed by atoms with E-state index in [1.807, 2.05) is 0 Å². The summed E-state index contributed by atoms with van der Waals surface area (Å²) in [6, 6.07) is 8.87. The van der Waals surface area contributed by atoms with Crippen molar-refractivity contribution in [2.75, 3.05) is 30.3 Å². The van der Waals surface area contributed by atoms with Crippen LogP contribution in [0.5, 0.6) is 0 Å². The molecule has 1 unspecified atom stereocenters. The van der Waals surface area contributed by atoms with Crippen molar-refractivity contribution >= 4 is 17.4 Å². The maximum absolute atomic E-state index is 3.52. The first kappa shape index (κ1) is 14.7. The van der Waals surface area contributed by atoms with Gasteiger partial charge in [-0.05, 0) is 31.0 Å². The minimum Gasteiger partial charge on any atom is -0.369 e. The molecule has 0 amide bonds. The van der Waals surface area contributed by atoms with Crippen molar-refractivity contribution < 1.29 is 0 Å². The third-order valence-corrected chi connectivity index (χ3v) is 5.04. The fraction of sp³-hybridized carbons (Fsp3) is 0.625. The van der Waals surface area contributed by atoms with E-state index in [9.17, 15) is 0 Å². The van der Waals surface area contributed by atoms with Gasteiger partial charge in [0.05, 0.1) is 0 Å². The fourth-order valence-electron chi connectivity index (χ4n) is 2.55. The topological polar surface area (TPSA) is 15.3 Å². The Kier molecular flexibility index (Phi) is 6.05. The van der Waals surface area contributed by atoms with E-state index < -0.39 is 0 Å². The van der Waals surface area contributed by atoms with Crippen LogP contribution in [0.25, 0.3) is 0 Å². The summed E-state index contributed by atoms with van der Waals surface area (Å²) >= 11 is 2.13. The number of hydrogen-bond donors (Lipinski definition) is 1. The van der Waals surface area contributed by atoms with E-state index in [2.05, 4.69) is 60.1 Å². The summed E-state index contributed by atoms with van der Waals surface area (Å²) in [6.07, 6.45) is 2.47. The van der Waals surface area contributed by atoms with Crippen LogP contribution in [-0.2, 0) is 6.54 Å². The summed E-state index contributed by atoms with van der Waals surface area (Å²) in [6.45, 7) is 8.99. The summed E-state index contributed by atoms with van der Waals surface area (Å²) in [5.74, 6) is 1.26. The third-order valence-electron chi connectivity index (χ3n) is 3.67. The van der Waals surface area contributed by atoms with Crippen LogP contribution in [0.4, 0.5) is 5.69 Å². The smallest absolute Gasteiger partial charge is 0.0412 e. The summed E-state index contributed by atoms with van der Waals surface area (Å²) in [7, 11) is 0. The van der Waals surface area contributed by atoms with Crippen molar-refractivity contribution in [2.24, 2.45) is 0 Å². The van der Waals surface area contributed by atoms with Gasteiger partial charge in [0.1, 0.15) is 0 Å². The molecular formula is C16H26N2S. The Hall–Kier alpha value is -0.670. The lowest BCUT2D eigenvalue weighted by molar-refractivity contribution is 0.668. The van der Waals surface area contributed by atoms with Crippen LogP contribution >= 0.6 is 11.8 Å². The van der Waals surface area contributed by atoms with Gasteiger partial charge in [-0.3, -0.25) is 0 Å². The van der Waals surface area contributed by atoms with Crippen molar-refractivity contribution in [2.45, 2.75) is 38.5 Å². The molecule has 1 aliphatic rings. The second-order valence-electron chi connectivity index (χ2n) is 5.15. The molecule has 1 atom stereocenters. The van der Waals surface area contributed by atoms with E-state index in [0.29, 0.717) is 0 Å². The van der Waals surface area contributed by atoms with Crippen LogP contribution in [0, 0.1) is 0 Å². The number of nitrogens with zero attached hydrogens (tertiary/aromatic N) is 1. The molecule has 1 fully saturated rings. The number of para-hydroxylation sites is 1. The zero-order valence-electron chi connectivity index (χ0n) is 12.2. The van der Waals surface area contributed by atoms with E-state index in [-0.39, 0.29) is 0 Å². The molecule has 1 N–H and O–H groups in total. The lowest BCUT2D eigenvalue weighted by atomic mass is 10.1. The van der Waals surface area contributed by atoms with Crippen LogP contribution in [0.3, 0.4) is 0 Å². The Balaban J connectivity index is 2.05. The van der Waals surface area contributed by atoms with Crippen molar-refractivity contribution in [1.82, 2.24) is 5.32 Å². The largest absolute Gasteiger partial charge is 0.369 e. The van der Waals surface area contributed by atoms with E-state index in [1.165, 1.54) is 42.9 Å². The SMILES string of the molecule is CCCNCc1ccccc1N1CCSC(CC)C1. The second kappa shape index (κ2) is 7.81. The van der Waals surface area contributed by atoms with Gasteiger partial charge >= 0.3 is 0 Å². The summed E-state index contributed by atoms with van der Waals surface area (Å²) in [4.78, 5) is 2.58. The zero-order chi connectivity index (χ0) is 13.5. The first-order chi connectivity index (χ1) is 9.35. The van der Waals surface area contributed by atoms with Crippen LogP contribution in [0.15, 0.2) is 24.3 Å². The Morgan fingerprint density at radius 2 is 2.16 bits per heavy atom. The van der Waals surface area contributed by atoms with Gasteiger partial charge in [0.2, 0.25) is 0 Å². The molecule has 3 heteroatoms. The minimum atomic E-state index is 0.797. The Morgan fingerprint density at radius 1 is 1.32 bits per heavy atom. The van der Waals surface area contributed by atoms with E-state index in [1.54, 1.807) is 0 Å². The average Bonchev–Trinajstić information content (AvgIpc) is 2.48. The molecule has 0 spiro atoms. The lowest BCUT2D eigenvalue weighted by Gasteiger charge is -2.35. The number of benzene rings is 1. The molecule has 2 nitrogen and oxygen atoms in total. The van der Waals surface area contributed by atoms with Gasteiger partial charge in [-0.25, -0.2) is 0 Å². The molecule has 1 aliphatic heterocycles. The number of anilines is 1. The highest BCUT2D eigenvalue weighted by Crippen LogP contribution is 2.28. The van der Waals surface area contributed by atoms with E-state index in [0.717, 1.165) is 18.3 Å². The number of nitrogens with one attached hydrogen (secondary N) is 1. The van der Waals surface area contributed by atoms with Crippen molar-refractivity contribution in [3.05, 3.63) is 29.8 Å². The third kappa shape index (κ3) is 4.15. The van der Waals surface area contributed by atoms with Crippen LogP contribution in [0.1, 0.15) is 32.3 Å². The van der Waals surface area contributed by atoms with Gasteiger partial charge in [-0.2, -0.15) is 11.8 Å². The van der Waals surface area contributed by atoms with Crippen molar-refractivity contribution in [3.8, 4) is 0 Å². The molecule has 1 heterocycles. The standard InChI is InChI=1S/C16H26N2S/c1-3-9-17-12-14-7-5-6-8-16(14)18-10-11-19-15(4-2)13-18/h5-8,15,17H,3-4,9-13H2,1-2H3. The first-order valence-electron chi connectivity index (χ1n) is 7.50. The molecule has 0 bridgehead atoms. The monoisotopic (exact) mass is 278 g/mol.